The molecular weight excluding hydrogens is 226 g/mol. The normalized spacial score (nSPS) is 11.4. The van der Waals surface area contributed by atoms with Gasteiger partial charge in [0, 0.05) is 13.1 Å². The molecule has 1 heterocycles. The summed E-state index contributed by atoms with van der Waals surface area (Å²) < 4.78 is 5.47. The van der Waals surface area contributed by atoms with Crippen LogP contribution >= 0.6 is 11.6 Å². The van der Waals surface area contributed by atoms with E-state index in [4.69, 9.17) is 16.3 Å². The Labute approximate surface area is 102 Å². The zero-order chi connectivity index (χ0) is 12.0. The Bertz CT molecular complexity index is 303. The van der Waals surface area contributed by atoms with E-state index in [2.05, 4.69) is 15.1 Å². The third kappa shape index (κ3) is 5.39. The van der Waals surface area contributed by atoms with Crippen molar-refractivity contribution < 1.29 is 4.74 Å². The molecule has 0 amide bonds. The second-order valence-corrected chi connectivity index (χ2v) is 4.39. The standard InChI is InChI=1S/C11H18ClN3O/c1-9(2)16-7-6-15(3)8-10-4-5-11(12)14-13-10/h4-5,9H,6-8H2,1-3H3. The molecule has 16 heavy (non-hydrogen) atoms. The van der Waals surface area contributed by atoms with Crippen LogP contribution in [0.25, 0.3) is 0 Å². The molecule has 0 atom stereocenters. The maximum absolute atomic E-state index is 5.66. The first kappa shape index (κ1) is 13.4. The van der Waals surface area contributed by atoms with Gasteiger partial charge < -0.3 is 4.74 Å². The van der Waals surface area contributed by atoms with Crippen LogP contribution in [0.2, 0.25) is 5.15 Å². The number of ether oxygens (including phenoxy) is 1. The Kier molecular flexibility index (Phi) is 5.66. The summed E-state index contributed by atoms with van der Waals surface area (Å²) in [4.78, 5) is 2.14. The molecule has 0 spiro atoms. The van der Waals surface area contributed by atoms with Gasteiger partial charge in [0.2, 0.25) is 0 Å². The van der Waals surface area contributed by atoms with Crippen molar-refractivity contribution in [2.75, 3.05) is 20.2 Å². The summed E-state index contributed by atoms with van der Waals surface area (Å²) in [6.45, 7) is 6.43. The van der Waals surface area contributed by atoms with Crippen LogP contribution in [0.15, 0.2) is 12.1 Å². The molecule has 0 saturated carbocycles. The molecule has 0 unspecified atom stereocenters. The molecule has 0 radical (unpaired) electrons. The number of nitrogens with zero attached hydrogens (tertiary/aromatic N) is 3. The first-order valence-electron chi connectivity index (χ1n) is 5.36. The van der Waals surface area contributed by atoms with Crippen LogP contribution in [0.3, 0.4) is 0 Å². The zero-order valence-electron chi connectivity index (χ0n) is 9.98. The van der Waals surface area contributed by atoms with E-state index in [9.17, 15) is 0 Å². The Morgan fingerprint density at radius 1 is 1.38 bits per heavy atom. The summed E-state index contributed by atoms with van der Waals surface area (Å²) in [5.41, 5.74) is 0.913. The van der Waals surface area contributed by atoms with Crippen molar-refractivity contribution >= 4 is 11.6 Å². The summed E-state index contributed by atoms with van der Waals surface area (Å²) in [6.07, 6.45) is 0.281. The van der Waals surface area contributed by atoms with Crippen molar-refractivity contribution in [3.63, 3.8) is 0 Å². The highest BCUT2D eigenvalue weighted by molar-refractivity contribution is 6.29. The molecule has 1 rings (SSSR count). The van der Waals surface area contributed by atoms with E-state index in [1.807, 2.05) is 27.0 Å². The van der Waals surface area contributed by atoms with Gasteiger partial charge in [-0.25, -0.2) is 0 Å². The van der Waals surface area contributed by atoms with Crippen LogP contribution in [0.4, 0.5) is 0 Å². The molecule has 0 saturated heterocycles. The second-order valence-electron chi connectivity index (χ2n) is 4.00. The van der Waals surface area contributed by atoms with E-state index in [1.54, 1.807) is 6.07 Å². The number of hydrogen-bond donors (Lipinski definition) is 0. The highest BCUT2D eigenvalue weighted by Crippen LogP contribution is 2.04. The highest BCUT2D eigenvalue weighted by atomic mass is 35.5. The molecule has 1 aromatic rings. The van der Waals surface area contributed by atoms with E-state index >= 15 is 0 Å². The Morgan fingerprint density at radius 3 is 2.69 bits per heavy atom. The molecule has 0 N–H and O–H groups in total. The third-order valence-corrected chi connectivity index (χ3v) is 2.24. The third-order valence-electron chi connectivity index (χ3n) is 2.04. The molecule has 4 nitrogen and oxygen atoms in total. The Morgan fingerprint density at radius 2 is 2.12 bits per heavy atom. The van der Waals surface area contributed by atoms with Gasteiger partial charge in [0.05, 0.1) is 18.4 Å². The summed E-state index contributed by atoms with van der Waals surface area (Å²) in [7, 11) is 2.03. The van der Waals surface area contributed by atoms with Crippen molar-refractivity contribution in [1.82, 2.24) is 15.1 Å². The van der Waals surface area contributed by atoms with Gasteiger partial charge in [-0.1, -0.05) is 11.6 Å². The molecule has 5 heteroatoms. The monoisotopic (exact) mass is 243 g/mol. The van der Waals surface area contributed by atoms with Crippen molar-refractivity contribution in [2.24, 2.45) is 0 Å². The molecule has 0 aliphatic heterocycles. The van der Waals surface area contributed by atoms with E-state index in [1.165, 1.54) is 0 Å². The SMILES string of the molecule is CC(C)OCCN(C)Cc1ccc(Cl)nn1. The minimum absolute atomic E-state index is 0.281. The number of likely N-dealkylation sites (N-methyl/N-ethyl adjacent to an activating group) is 1. The summed E-state index contributed by atoms with van der Waals surface area (Å²) >= 11 is 5.66. The molecular formula is C11H18ClN3O. The average Bonchev–Trinajstić information content (AvgIpc) is 2.21. The number of aromatic nitrogens is 2. The van der Waals surface area contributed by atoms with E-state index < -0.39 is 0 Å². The Hall–Kier alpha value is -0.710. The topological polar surface area (TPSA) is 38.2 Å². The fraction of sp³-hybridized carbons (Fsp3) is 0.636. The molecule has 0 aliphatic rings. The van der Waals surface area contributed by atoms with Gasteiger partial charge in [0.25, 0.3) is 0 Å². The first-order valence-corrected chi connectivity index (χ1v) is 5.74. The van der Waals surface area contributed by atoms with E-state index in [-0.39, 0.29) is 6.10 Å². The van der Waals surface area contributed by atoms with Crippen LogP contribution in [0.1, 0.15) is 19.5 Å². The zero-order valence-corrected chi connectivity index (χ0v) is 10.7. The van der Waals surface area contributed by atoms with Gasteiger partial charge in [-0.2, -0.15) is 5.10 Å². The van der Waals surface area contributed by atoms with Gasteiger partial charge in [-0.3, -0.25) is 4.90 Å². The predicted octanol–water partition coefficient (Wildman–Crippen LogP) is 1.99. The van der Waals surface area contributed by atoms with Gasteiger partial charge >= 0.3 is 0 Å². The smallest absolute Gasteiger partial charge is 0.151 e. The van der Waals surface area contributed by atoms with Gasteiger partial charge in [-0.15, -0.1) is 5.10 Å². The number of rotatable bonds is 6. The lowest BCUT2D eigenvalue weighted by Gasteiger charge is -2.16. The molecule has 0 aliphatic carbocycles. The largest absolute Gasteiger partial charge is 0.377 e. The highest BCUT2D eigenvalue weighted by Gasteiger charge is 2.03. The second kappa shape index (κ2) is 6.78. The molecule has 0 fully saturated rings. The summed E-state index contributed by atoms with van der Waals surface area (Å²) in [6, 6.07) is 3.64. The summed E-state index contributed by atoms with van der Waals surface area (Å²) in [5, 5.41) is 8.22. The quantitative estimate of drug-likeness (QED) is 0.766. The van der Waals surface area contributed by atoms with Gasteiger partial charge in [0.1, 0.15) is 0 Å². The Balaban J connectivity index is 2.28. The number of hydrogen-bond acceptors (Lipinski definition) is 4. The first-order chi connectivity index (χ1) is 7.58. The minimum atomic E-state index is 0.281. The predicted molar refractivity (Wildman–Crippen MR) is 64.5 cm³/mol. The summed E-state index contributed by atoms with van der Waals surface area (Å²) in [5.74, 6) is 0. The van der Waals surface area contributed by atoms with E-state index in [0.717, 1.165) is 25.4 Å². The maximum atomic E-state index is 5.66. The fourth-order valence-electron chi connectivity index (χ4n) is 1.23. The molecule has 1 aromatic heterocycles. The van der Waals surface area contributed by atoms with Crippen molar-refractivity contribution in [1.29, 1.82) is 0 Å². The van der Waals surface area contributed by atoms with E-state index in [0.29, 0.717) is 5.15 Å². The van der Waals surface area contributed by atoms with Crippen LogP contribution < -0.4 is 0 Å². The molecule has 0 bridgehead atoms. The lowest BCUT2D eigenvalue weighted by atomic mass is 10.3. The van der Waals surface area contributed by atoms with Crippen molar-refractivity contribution in [3.8, 4) is 0 Å². The van der Waals surface area contributed by atoms with Gasteiger partial charge in [0.15, 0.2) is 5.15 Å². The van der Waals surface area contributed by atoms with Crippen molar-refractivity contribution in [2.45, 2.75) is 26.5 Å². The molecule has 0 aromatic carbocycles. The fourth-order valence-corrected chi connectivity index (χ4v) is 1.33. The lowest BCUT2D eigenvalue weighted by molar-refractivity contribution is 0.0625. The number of halogens is 1. The van der Waals surface area contributed by atoms with Crippen LogP contribution in [0, 0.1) is 0 Å². The maximum Gasteiger partial charge on any atom is 0.151 e. The van der Waals surface area contributed by atoms with Crippen LogP contribution in [0.5, 0.6) is 0 Å². The van der Waals surface area contributed by atoms with Crippen LogP contribution in [-0.2, 0) is 11.3 Å². The van der Waals surface area contributed by atoms with Gasteiger partial charge in [-0.05, 0) is 33.0 Å². The van der Waals surface area contributed by atoms with Crippen molar-refractivity contribution in [3.05, 3.63) is 23.0 Å². The molecule has 90 valence electrons. The van der Waals surface area contributed by atoms with Crippen LogP contribution in [-0.4, -0.2) is 41.4 Å². The average molecular weight is 244 g/mol. The minimum Gasteiger partial charge on any atom is -0.377 e. The lowest BCUT2D eigenvalue weighted by Crippen LogP contribution is -2.24.